The third-order valence-corrected chi connectivity index (χ3v) is 7.05. The van der Waals surface area contributed by atoms with Crippen LogP contribution in [0, 0.1) is 5.82 Å². The van der Waals surface area contributed by atoms with Crippen LogP contribution >= 0.6 is 11.6 Å². The Hall–Kier alpha value is -4.02. The molecule has 38 heavy (non-hydrogen) atoms. The lowest BCUT2D eigenvalue weighted by Crippen LogP contribution is -2.48. The third kappa shape index (κ3) is 5.32. The molecule has 0 spiro atoms. The standard InChI is InChI=1S/C27H27ClFN7O2/c1-16(19-4-2-3-5-21(19)29)33-25-20-12-17(6-7-22(20)34-26(30)24(25)28)18-13-31-27(32-14-18)36-10-8-35(9-11-36)15-23(37)38/h2-7,12-14,16H,8-11,15H2,1H3,(H,37,38)(H3,30,33,34). The number of carbonyl (C=O) groups is 1. The van der Waals surface area contributed by atoms with E-state index in [9.17, 15) is 9.18 Å². The van der Waals surface area contributed by atoms with Crippen LogP contribution in [0.3, 0.4) is 0 Å². The monoisotopic (exact) mass is 535 g/mol. The van der Waals surface area contributed by atoms with Gasteiger partial charge >= 0.3 is 5.97 Å². The molecule has 1 aliphatic rings. The first kappa shape index (κ1) is 25.6. The molecule has 2 aromatic heterocycles. The number of nitrogens with one attached hydrogen (secondary N) is 1. The Balaban J connectivity index is 1.41. The van der Waals surface area contributed by atoms with Crippen molar-refractivity contribution in [3.05, 3.63) is 71.3 Å². The normalized spacial score (nSPS) is 15.0. The van der Waals surface area contributed by atoms with Crippen LogP contribution in [0.4, 0.5) is 21.8 Å². The number of nitrogens with two attached hydrogens (primary N) is 1. The first-order valence-electron chi connectivity index (χ1n) is 12.2. The molecule has 0 saturated carbocycles. The maximum atomic E-state index is 14.4. The summed E-state index contributed by atoms with van der Waals surface area (Å²) in [7, 11) is 0. The number of aromatic nitrogens is 3. The molecule has 0 amide bonds. The van der Waals surface area contributed by atoms with Gasteiger partial charge in [-0.1, -0.05) is 35.9 Å². The summed E-state index contributed by atoms with van der Waals surface area (Å²) in [5, 5.41) is 13.3. The summed E-state index contributed by atoms with van der Waals surface area (Å²) >= 11 is 6.58. The number of piperazine rings is 1. The Morgan fingerprint density at radius 1 is 1.13 bits per heavy atom. The summed E-state index contributed by atoms with van der Waals surface area (Å²) < 4.78 is 14.4. The quantitative estimate of drug-likeness (QED) is 0.315. The maximum Gasteiger partial charge on any atom is 0.317 e. The molecular weight excluding hydrogens is 509 g/mol. The predicted molar refractivity (Wildman–Crippen MR) is 147 cm³/mol. The number of hydrogen-bond donors (Lipinski definition) is 3. The summed E-state index contributed by atoms with van der Waals surface area (Å²) in [6.45, 7) is 4.48. The zero-order valence-electron chi connectivity index (χ0n) is 20.7. The van der Waals surface area contributed by atoms with Gasteiger partial charge in [-0.25, -0.2) is 19.3 Å². The Labute approximate surface area is 224 Å². The average molecular weight is 536 g/mol. The summed E-state index contributed by atoms with van der Waals surface area (Å²) in [5.41, 5.74) is 9.49. The number of halogens is 2. The highest BCUT2D eigenvalue weighted by Gasteiger charge is 2.21. The molecule has 5 rings (SSSR count). The smallest absolute Gasteiger partial charge is 0.317 e. The summed E-state index contributed by atoms with van der Waals surface area (Å²) in [5.74, 6) is -0.348. The molecule has 4 aromatic rings. The first-order valence-corrected chi connectivity index (χ1v) is 12.6. The molecule has 0 radical (unpaired) electrons. The van der Waals surface area contributed by atoms with Gasteiger partial charge < -0.3 is 21.1 Å². The lowest BCUT2D eigenvalue weighted by Gasteiger charge is -2.33. The molecule has 1 aliphatic heterocycles. The Morgan fingerprint density at radius 2 is 1.84 bits per heavy atom. The zero-order valence-corrected chi connectivity index (χ0v) is 21.5. The molecule has 1 fully saturated rings. The van der Waals surface area contributed by atoms with Gasteiger partial charge in [0.15, 0.2) is 0 Å². The molecule has 1 atom stereocenters. The Morgan fingerprint density at radius 3 is 2.53 bits per heavy atom. The van der Waals surface area contributed by atoms with Crippen LogP contribution in [0.5, 0.6) is 0 Å². The van der Waals surface area contributed by atoms with E-state index in [4.69, 9.17) is 22.4 Å². The number of rotatable bonds is 7. The number of fused-ring (bicyclic) bond motifs is 1. The number of benzene rings is 2. The second-order valence-corrected chi connectivity index (χ2v) is 9.61. The molecule has 9 nitrogen and oxygen atoms in total. The van der Waals surface area contributed by atoms with Crippen molar-refractivity contribution in [2.75, 3.05) is 48.7 Å². The molecule has 1 unspecified atom stereocenters. The number of aliphatic carboxylic acids is 1. The number of carboxylic acids is 1. The number of hydrogen-bond acceptors (Lipinski definition) is 8. The second-order valence-electron chi connectivity index (χ2n) is 9.23. The van der Waals surface area contributed by atoms with Crippen LogP contribution in [0.25, 0.3) is 22.0 Å². The zero-order chi connectivity index (χ0) is 26.8. The minimum Gasteiger partial charge on any atom is -0.480 e. The van der Waals surface area contributed by atoms with Gasteiger partial charge in [-0.3, -0.25) is 9.69 Å². The molecule has 2 aromatic carbocycles. The van der Waals surface area contributed by atoms with Gasteiger partial charge in [-0.15, -0.1) is 0 Å². The fraction of sp³-hybridized carbons (Fsp3) is 0.259. The molecule has 0 bridgehead atoms. The summed E-state index contributed by atoms with van der Waals surface area (Å²) in [4.78, 5) is 28.4. The molecule has 3 heterocycles. The fourth-order valence-electron chi connectivity index (χ4n) is 4.63. The van der Waals surface area contributed by atoms with Crippen molar-refractivity contribution in [3.8, 4) is 11.1 Å². The van der Waals surface area contributed by atoms with Crippen molar-refractivity contribution >= 4 is 45.9 Å². The number of nitrogens with zero attached hydrogens (tertiary/aromatic N) is 5. The van der Waals surface area contributed by atoms with Crippen molar-refractivity contribution in [1.29, 1.82) is 0 Å². The number of nitrogen functional groups attached to an aromatic ring is 1. The highest BCUT2D eigenvalue weighted by Crippen LogP contribution is 2.38. The van der Waals surface area contributed by atoms with Gasteiger partial charge in [0.05, 0.1) is 23.8 Å². The lowest BCUT2D eigenvalue weighted by atomic mass is 10.0. The average Bonchev–Trinajstić information content (AvgIpc) is 2.91. The van der Waals surface area contributed by atoms with E-state index in [1.54, 1.807) is 30.6 Å². The Kier molecular flexibility index (Phi) is 7.26. The fourth-order valence-corrected chi connectivity index (χ4v) is 4.83. The highest BCUT2D eigenvalue weighted by atomic mass is 35.5. The van der Waals surface area contributed by atoms with Gasteiger partial charge in [0.25, 0.3) is 0 Å². The largest absolute Gasteiger partial charge is 0.480 e. The summed E-state index contributed by atoms with van der Waals surface area (Å²) in [6.07, 6.45) is 3.52. The van der Waals surface area contributed by atoms with Crippen molar-refractivity contribution in [2.24, 2.45) is 0 Å². The van der Waals surface area contributed by atoms with Gasteiger partial charge in [-0.2, -0.15) is 0 Å². The van der Waals surface area contributed by atoms with Gasteiger partial charge in [0.2, 0.25) is 5.95 Å². The molecule has 11 heteroatoms. The lowest BCUT2D eigenvalue weighted by molar-refractivity contribution is -0.138. The van der Waals surface area contributed by atoms with Crippen LogP contribution in [0.1, 0.15) is 18.5 Å². The maximum absolute atomic E-state index is 14.4. The van der Waals surface area contributed by atoms with Crippen LogP contribution in [0.2, 0.25) is 5.02 Å². The van der Waals surface area contributed by atoms with Crippen LogP contribution < -0.4 is 16.0 Å². The first-order chi connectivity index (χ1) is 18.3. The summed E-state index contributed by atoms with van der Waals surface area (Å²) in [6, 6.07) is 11.9. The van der Waals surface area contributed by atoms with Gasteiger partial charge in [-0.05, 0) is 30.7 Å². The van der Waals surface area contributed by atoms with Crippen molar-refractivity contribution < 1.29 is 14.3 Å². The van der Waals surface area contributed by atoms with Gasteiger partial charge in [0, 0.05) is 55.1 Å². The second kappa shape index (κ2) is 10.8. The predicted octanol–water partition coefficient (Wildman–Crippen LogP) is 4.45. The van der Waals surface area contributed by atoms with Crippen molar-refractivity contribution in [3.63, 3.8) is 0 Å². The van der Waals surface area contributed by atoms with E-state index in [1.807, 2.05) is 34.9 Å². The van der Waals surface area contributed by atoms with Crippen LogP contribution in [-0.4, -0.2) is 63.7 Å². The molecule has 4 N–H and O–H groups in total. The van der Waals surface area contributed by atoms with Crippen LogP contribution in [0.15, 0.2) is 54.9 Å². The van der Waals surface area contributed by atoms with E-state index in [2.05, 4.69) is 20.3 Å². The van der Waals surface area contributed by atoms with E-state index in [0.29, 0.717) is 48.9 Å². The van der Waals surface area contributed by atoms with E-state index >= 15 is 0 Å². The molecular formula is C27H27ClFN7O2. The minimum atomic E-state index is -0.825. The minimum absolute atomic E-state index is 0.0377. The van der Waals surface area contributed by atoms with Crippen molar-refractivity contribution in [2.45, 2.75) is 13.0 Å². The van der Waals surface area contributed by atoms with E-state index in [-0.39, 0.29) is 29.2 Å². The Bertz CT molecular complexity index is 1480. The van der Waals surface area contributed by atoms with E-state index in [1.165, 1.54) is 6.07 Å². The van der Waals surface area contributed by atoms with Crippen LogP contribution in [-0.2, 0) is 4.79 Å². The third-order valence-electron chi connectivity index (χ3n) is 6.67. The van der Waals surface area contributed by atoms with E-state index < -0.39 is 5.97 Å². The van der Waals surface area contributed by atoms with Crippen molar-refractivity contribution in [1.82, 2.24) is 19.9 Å². The SMILES string of the molecule is CC(Nc1c(Cl)c(N)nc2ccc(-c3cnc(N4CCN(CC(=O)O)CC4)nc3)cc12)c1ccccc1F. The number of carboxylic acid groups (broad SMARTS) is 1. The molecule has 1 saturated heterocycles. The van der Waals surface area contributed by atoms with E-state index in [0.717, 1.165) is 16.5 Å². The number of anilines is 3. The highest BCUT2D eigenvalue weighted by molar-refractivity contribution is 6.37. The molecule has 196 valence electrons. The van der Waals surface area contributed by atoms with Gasteiger partial charge in [0.1, 0.15) is 16.7 Å². The number of pyridine rings is 1. The topological polar surface area (TPSA) is 120 Å². The molecule has 0 aliphatic carbocycles.